The zero-order chi connectivity index (χ0) is 46.0. The van der Waals surface area contributed by atoms with E-state index in [0.717, 1.165) is 39.6 Å². The van der Waals surface area contributed by atoms with Crippen LogP contribution in [0.4, 0.5) is 14.4 Å². The van der Waals surface area contributed by atoms with E-state index in [1.807, 2.05) is 0 Å². The highest BCUT2D eigenvalue weighted by Gasteiger charge is 2.51. The molecule has 0 bridgehead atoms. The van der Waals surface area contributed by atoms with Crippen molar-refractivity contribution >= 4 is 94.6 Å². The van der Waals surface area contributed by atoms with Crippen molar-refractivity contribution in [2.75, 3.05) is 32.6 Å². The van der Waals surface area contributed by atoms with Gasteiger partial charge in [0.05, 0.1) is 7.11 Å². The van der Waals surface area contributed by atoms with Crippen LogP contribution in [0.3, 0.4) is 0 Å². The molecular weight excluding hydrogens is 883 g/mol. The summed E-state index contributed by atoms with van der Waals surface area (Å²) in [6, 6.07) is -3.86. The molecule has 1 aliphatic rings. The molecule has 0 spiro atoms. The maximum atomic E-state index is 13.8. The number of alkyl carbamates (subject to hydrolysis) is 3. The summed E-state index contributed by atoms with van der Waals surface area (Å²) in [5.74, 6) is -4.01. The first kappa shape index (κ1) is 54.4. The zero-order valence-electron chi connectivity index (χ0n) is 35.3. The van der Waals surface area contributed by atoms with Gasteiger partial charge >= 0.3 is 42.2 Å². The maximum Gasteiger partial charge on any atom is 0.408 e. The average Bonchev–Trinajstić information content (AvgIpc) is 3.08. The SMILES string of the molecule is COC(=O)[C@H](CCCCNC(=O)OC(C)(C)C)NC(=O)[C@H](CCS[C@@H]1O[C@H](COC(C)=O)[C@@H](OC(C)=O)[C@H](OC(C)=O)[C@H]1NC(=O)OCC(Cl)(Cl)Cl)NC(=O)OC(C)(C)C. The van der Waals surface area contributed by atoms with Gasteiger partial charge in [-0.1, -0.05) is 34.8 Å². The van der Waals surface area contributed by atoms with E-state index in [4.69, 9.17) is 72.7 Å². The summed E-state index contributed by atoms with van der Waals surface area (Å²) in [5.41, 5.74) is -2.86. The van der Waals surface area contributed by atoms with Gasteiger partial charge in [0.2, 0.25) is 9.70 Å². The molecule has 1 saturated heterocycles. The van der Waals surface area contributed by atoms with Crippen LogP contribution >= 0.6 is 46.6 Å². The fraction of sp³-hybridized carbons (Fsp3) is 0.778. The van der Waals surface area contributed by atoms with Crippen LogP contribution in [-0.2, 0) is 61.9 Å². The van der Waals surface area contributed by atoms with E-state index in [-0.39, 0.29) is 25.1 Å². The number of esters is 4. The number of carbonyl (C=O) groups is 8. The molecule has 7 atom stereocenters. The summed E-state index contributed by atoms with van der Waals surface area (Å²) in [5, 5.41) is 10.2. The number of methoxy groups -OCH3 is 1. The Morgan fingerprint density at radius 2 is 1.30 bits per heavy atom. The van der Waals surface area contributed by atoms with Gasteiger partial charge in [-0.05, 0) is 73.0 Å². The molecule has 1 heterocycles. The number of nitrogens with one attached hydrogen (secondary N) is 4. The molecule has 0 aromatic carbocycles. The molecule has 20 nitrogen and oxygen atoms in total. The van der Waals surface area contributed by atoms with Crippen molar-refractivity contribution < 1.29 is 76.3 Å². The Bertz CT molecular complexity index is 1490. The lowest BCUT2D eigenvalue weighted by molar-refractivity contribution is -0.211. The standard InChI is InChI=1S/C36H57Cl3N4O16S/c1-19(44)53-17-24-26(55-20(2)45)27(56-21(3)46)25(43-32(50)54-18-36(37,38)39)30(57-24)60-16-14-22(42-33(51)59-35(7,8)9)28(47)41-23(29(48)52-10)13-11-12-15-40-31(49)58-34(4,5)6/h22-27,30H,11-18H2,1-10H3,(H,40,49)(H,41,47)(H,42,51)(H,43,50)/t22-,23-,24+,25+,26+,27+,30-/m0/s1. The Hall–Kier alpha value is -3.66. The highest BCUT2D eigenvalue weighted by Crippen LogP contribution is 2.33. The molecule has 1 aliphatic heterocycles. The van der Waals surface area contributed by atoms with E-state index in [1.54, 1.807) is 41.5 Å². The first-order valence-electron chi connectivity index (χ1n) is 18.7. The maximum absolute atomic E-state index is 13.8. The number of carbonyl (C=O) groups excluding carboxylic acids is 8. The third-order valence-corrected chi connectivity index (χ3v) is 8.97. The molecule has 0 unspecified atom stereocenters. The van der Waals surface area contributed by atoms with Gasteiger partial charge in [0.25, 0.3) is 0 Å². The van der Waals surface area contributed by atoms with Crippen LogP contribution in [-0.4, -0.2) is 138 Å². The molecule has 0 radical (unpaired) electrons. The number of rotatable bonds is 19. The second kappa shape index (κ2) is 25.3. The quantitative estimate of drug-likeness (QED) is 0.0618. The molecule has 0 saturated carbocycles. The second-order valence-electron chi connectivity index (χ2n) is 15.2. The molecule has 24 heteroatoms. The molecule has 1 fully saturated rings. The Morgan fingerprint density at radius 3 is 1.83 bits per heavy atom. The van der Waals surface area contributed by atoms with Gasteiger partial charge in [0.1, 0.15) is 54.1 Å². The molecule has 4 N–H and O–H groups in total. The van der Waals surface area contributed by atoms with Crippen molar-refractivity contribution in [1.29, 1.82) is 0 Å². The predicted molar refractivity (Wildman–Crippen MR) is 217 cm³/mol. The van der Waals surface area contributed by atoms with Gasteiger partial charge in [0, 0.05) is 27.3 Å². The van der Waals surface area contributed by atoms with E-state index in [0.29, 0.717) is 12.8 Å². The van der Waals surface area contributed by atoms with Gasteiger partial charge in [-0.3, -0.25) is 19.2 Å². The minimum Gasteiger partial charge on any atom is -0.467 e. The summed E-state index contributed by atoms with van der Waals surface area (Å²) >= 11 is 18.2. The Kier molecular flexibility index (Phi) is 22.9. The minimum absolute atomic E-state index is 0.0511. The minimum atomic E-state index is -2.00. The van der Waals surface area contributed by atoms with Crippen molar-refractivity contribution in [2.24, 2.45) is 0 Å². The summed E-state index contributed by atoms with van der Waals surface area (Å²) < 4.78 is 40.8. The number of amides is 4. The molecular formula is C36H57Cl3N4O16S. The number of hydrogen-bond acceptors (Lipinski definition) is 17. The largest absolute Gasteiger partial charge is 0.467 e. The molecule has 4 amide bonds. The van der Waals surface area contributed by atoms with Crippen molar-refractivity contribution in [3.63, 3.8) is 0 Å². The fourth-order valence-corrected chi connectivity index (χ4v) is 6.61. The summed E-state index contributed by atoms with van der Waals surface area (Å²) in [4.78, 5) is 101. The smallest absolute Gasteiger partial charge is 0.408 e. The van der Waals surface area contributed by atoms with Crippen molar-refractivity contribution in [2.45, 2.75) is 145 Å². The lowest BCUT2D eigenvalue weighted by atomic mass is 9.97. The van der Waals surface area contributed by atoms with Crippen LogP contribution in [0.15, 0.2) is 0 Å². The van der Waals surface area contributed by atoms with Crippen LogP contribution < -0.4 is 21.3 Å². The third kappa shape index (κ3) is 23.4. The Labute approximate surface area is 368 Å². The molecule has 0 aromatic heterocycles. The summed E-state index contributed by atoms with van der Waals surface area (Å²) in [6.07, 6.45) is -6.17. The van der Waals surface area contributed by atoms with Gasteiger partial charge in [-0.15, -0.1) is 11.8 Å². The van der Waals surface area contributed by atoms with Crippen LogP contribution in [0.2, 0.25) is 0 Å². The number of thioether (sulfide) groups is 1. The summed E-state index contributed by atoms with van der Waals surface area (Å²) in [6.45, 7) is 12.3. The number of hydrogen-bond donors (Lipinski definition) is 4. The van der Waals surface area contributed by atoms with Crippen molar-refractivity contribution in [3.8, 4) is 0 Å². The first-order valence-corrected chi connectivity index (χ1v) is 20.9. The monoisotopic (exact) mass is 938 g/mol. The topological polar surface area (TPSA) is 259 Å². The van der Waals surface area contributed by atoms with Crippen molar-refractivity contribution in [1.82, 2.24) is 21.3 Å². The first-order chi connectivity index (χ1) is 27.6. The average molecular weight is 940 g/mol. The van der Waals surface area contributed by atoms with E-state index >= 15 is 0 Å². The number of alkyl halides is 3. The zero-order valence-corrected chi connectivity index (χ0v) is 38.4. The van der Waals surface area contributed by atoms with Gasteiger partial charge in [-0.2, -0.15) is 0 Å². The lowest BCUT2D eigenvalue weighted by Crippen LogP contribution is -2.65. The molecule has 60 heavy (non-hydrogen) atoms. The van der Waals surface area contributed by atoms with E-state index < -0.39 is 118 Å². The molecule has 0 aromatic rings. The number of ether oxygens (including phenoxy) is 8. The normalized spacial score (nSPS) is 20.2. The van der Waals surface area contributed by atoms with Crippen LogP contribution in [0.25, 0.3) is 0 Å². The van der Waals surface area contributed by atoms with Gasteiger partial charge < -0.3 is 59.2 Å². The second-order valence-corrected chi connectivity index (χ2v) is 18.9. The van der Waals surface area contributed by atoms with Crippen molar-refractivity contribution in [3.05, 3.63) is 0 Å². The number of unbranched alkanes of at least 4 members (excludes halogenated alkanes) is 1. The van der Waals surface area contributed by atoms with Crippen LogP contribution in [0.1, 0.15) is 88.0 Å². The molecule has 344 valence electrons. The van der Waals surface area contributed by atoms with E-state index in [9.17, 15) is 38.4 Å². The molecule has 1 rings (SSSR count). The summed E-state index contributed by atoms with van der Waals surface area (Å²) in [7, 11) is 1.14. The fourth-order valence-electron chi connectivity index (χ4n) is 5.19. The number of halogens is 3. The highest BCUT2D eigenvalue weighted by atomic mass is 35.6. The van der Waals surface area contributed by atoms with Crippen LogP contribution in [0, 0.1) is 0 Å². The Morgan fingerprint density at radius 1 is 0.717 bits per heavy atom. The van der Waals surface area contributed by atoms with Gasteiger partial charge in [-0.25, -0.2) is 19.2 Å². The van der Waals surface area contributed by atoms with Gasteiger partial charge in [0.15, 0.2) is 12.2 Å². The van der Waals surface area contributed by atoms with E-state index in [1.165, 1.54) is 0 Å². The third-order valence-electron chi connectivity index (χ3n) is 7.44. The Balaban J connectivity index is 3.41. The lowest BCUT2D eigenvalue weighted by Gasteiger charge is -2.45. The highest BCUT2D eigenvalue weighted by molar-refractivity contribution is 7.99. The molecule has 0 aliphatic carbocycles. The predicted octanol–water partition coefficient (Wildman–Crippen LogP) is 3.97. The van der Waals surface area contributed by atoms with E-state index in [2.05, 4.69) is 21.3 Å². The van der Waals surface area contributed by atoms with Crippen LogP contribution in [0.5, 0.6) is 0 Å².